The standard InChI is InChI=1S/C10H10O3/c1-7-2-3-9-10(4-7)13-8(5-11)6-12-9/h2-5,8H,6H2,1H3. The highest BCUT2D eigenvalue weighted by Gasteiger charge is 2.19. The van der Waals surface area contributed by atoms with Crippen LogP contribution in [0.4, 0.5) is 0 Å². The van der Waals surface area contributed by atoms with E-state index in [1.54, 1.807) is 0 Å². The maximum atomic E-state index is 10.4. The number of aryl methyl sites for hydroxylation is 1. The lowest BCUT2D eigenvalue weighted by Gasteiger charge is -2.22. The van der Waals surface area contributed by atoms with E-state index in [9.17, 15) is 4.79 Å². The third-order valence-corrected chi connectivity index (χ3v) is 1.93. The summed E-state index contributed by atoms with van der Waals surface area (Å²) < 4.78 is 10.7. The summed E-state index contributed by atoms with van der Waals surface area (Å²) in [6.07, 6.45) is 0.292. The normalized spacial score (nSPS) is 19.6. The summed E-state index contributed by atoms with van der Waals surface area (Å²) in [6, 6.07) is 5.67. The minimum absolute atomic E-state index is 0.305. The Hall–Kier alpha value is -1.51. The SMILES string of the molecule is Cc1ccc2c(c1)OC(C=O)CO2. The van der Waals surface area contributed by atoms with Crippen molar-refractivity contribution in [1.29, 1.82) is 0 Å². The molecule has 1 aromatic rings. The summed E-state index contributed by atoms with van der Waals surface area (Å²) in [7, 11) is 0. The van der Waals surface area contributed by atoms with E-state index in [2.05, 4.69) is 0 Å². The Morgan fingerprint density at radius 3 is 3.08 bits per heavy atom. The molecule has 1 atom stereocenters. The van der Waals surface area contributed by atoms with Gasteiger partial charge in [-0.15, -0.1) is 0 Å². The molecule has 13 heavy (non-hydrogen) atoms. The van der Waals surface area contributed by atoms with Gasteiger partial charge in [-0.1, -0.05) is 6.07 Å². The molecule has 0 spiro atoms. The second-order valence-electron chi connectivity index (χ2n) is 3.05. The molecule has 0 aliphatic carbocycles. The molecule has 1 heterocycles. The molecular formula is C10H10O3. The molecule has 1 aliphatic rings. The topological polar surface area (TPSA) is 35.5 Å². The van der Waals surface area contributed by atoms with Gasteiger partial charge in [0.15, 0.2) is 23.9 Å². The summed E-state index contributed by atoms with van der Waals surface area (Å²) in [6.45, 7) is 2.27. The number of rotatable bonds is 1. The van der Waals surface area contributed by atoms with Crippen LogP contribution < -0.4 is 9.47 Å². The molecule has 0 N–H and O–H groups in total. The number of hydrogen-bond acceptors (Lipinski definition) is 3. The summed E-state index contributed by atoms with van der Waals surface area (Å²) in [5.41, 5.74) is 1.09. The zero-order valence-corrected chi connectivity index (χ0v) is 7.32. The third-order valence-electron chi connectivity index (χ3n) is 1.93. The summed E-state index contributed by atoms with van der Waals surface area (Å²) in [5.74, 6) is 1.37. The lowest BCUT2D eigenvalue weighted by Crippen LogP contribution is -2.30. The van der Waals surface area contributed by atoms with Crippen molar-refractivity contribution < 1.29 is 14.3 Å². The highest BCUT2D eigenvalue weighted by atomic mass is 16.6. The average molecular weight is 178 g/mol. The van der Waals surface area contributed by atoms with Crippen LogP contribution in [-0.4, -0.2) is 19.0 Å². The molecule has 0 aromatic heterocycles. The summed E-state index contributed by atoms with van der Waals surface area (Å²) >= 11 is 0. The van der Waals surface area contributed by atoms with Gasteiger partial charge in [-0.05, 0) is 24.6 Å². The quantitative estimate of drug-likeness (QED) is 0.608. The van der Waals surface area contributed by atoms with Crippen LogP contribution >= 0.6 is 0 Å². The zero-order valence-electron chi connectivity index (χ0n) is 7.32. The molecule has 0 bridgehead atoms. The minimum Gasteiger partial charge on any atom is -0.485 e. The molecule has 1 unspecified atom stereocenters. The van der Waals surface area contributed by atoms with E-state index in [4.69, 9.17) is 9.47 Å². The van der Waals surface area contributed by atoms with Crippen LogP contribution in [0.25, 0.3) is 0 Å². The lowest BCUT2D eigenvalue weighted by molar-refractivity contribution is -0.115. The molecule has 0 saturated carbocycles. The van der Waals surface area contributed by atoms with Gasteiger partial charge < -0.3 is 9.47 Å². The second kappa shape index (κ2) is 3.09. The fraction of sp³-hybridized carbons (Fsp3) is 0.300. The predicted molar refractivity (Wildman–Crippen MR) is 47.2 cm³/mol. The highest BCUT2D eigenvalue weighted by molar-refractivity contribution is 5.59. The number of fused-ring (bicyclic) bond motifs is 1. The van der Waals surface area contributed by atoms with Crippen LogP contribution in [0.5, 0.6) is 11.5 Å². The van der Waals surface area contributed by atoms with Gasteiger partial charge in [-0.2, -0.15) is 0 Å². The maximum Gasteiger partial charge on any atom is 0.187 e. The molecule has 3 nitrogen and oxygen atoms in total. The Morgan fingerprint density at radius 1 is 1.46 bits per heavy atom. The number of aldehydes is 1. The molecule has 3 heteroatoms. The summed E-state index contributed by atoms with van der Waals surface area (Å²) in [4.78, 5) is 10.4. The van der Waals surface area contributed by atoms with Crippen molar-refractivity contribution in [2.45, 2.75) is 13.0 Å². The van der Waals surface area contributed by atoms with Gasteiger partial charge in [0.2, 0.25) is 0 Å². The number of carbonyl (C=O) groups excluding carboxylic acids is 1. The first-order chi connectivity index (χ1) is 6.29. The monoisotopic (exact) mass is 178 g/mol. The first-order valence-corrected chi connectivity index (χ1v) is 4.15. The number of hydrogen-bond donors (Lipinski definition) is 0. The molecule has 1 aliphatic heterocycles. The lowest BCUT2D eigenvalue weighted by atomic mass is 10.2. The number of benzene rings is 1. The first-order valence-electron chi connectivity index (χ1n) is 4.15. The van der Waals surface area contributed by atoms with Gasteiger partial charge >= 0.3 is 0 Å². The fourth-order valence-electron chi connectivity index (χ4n) is 1.26. The molecule has 0 saturated heterocycles. The summed E-state index contributed by atoms with van der Waals surface area (Å²) in [5, 5.41) is 0. The second-order valence-corrected chi connectivity index (χ2v) is 3.05. The van der Waals surface area contributed by atoms with Crippen LogP contribution in [0.3, 0.4) is 0 Å². The Balaban J connectivity index is 2.32. The van der Waals surface area contributed by atoms with Crippen LogP contribution in [0.1, 0.15) is 5.56 Å². The maximum absolute atomic E-state index is 10.4. The van der Waals surface area contributed by atoms with Crippen molar-refractivity contribution in [2.75, 3.05) is 6.61 Å². The highest BCUT2D eigenvalue weighted by Crippen LogP contribution is 2.31. The molecule has 0 radical (unpaired) electrons. The van der Waals surface area contributed by atoms with E-state index in [-0.39, 0.29) is 0 Å². The molecule has 2 rings (SSSR count). The molecule has 0 fully saturated rings. The molecule has 1 aromatic carbocycles. The van der Waals surface area contributed by atoms with Gasteiger partial charge in [0.25, 0.3) is 0 Å². The van der Waals surface area contributed by atoms with Crippen molar-refractivity contribution in [3.8, 4) is 11.5 Å². The van der Waals surface area contributed by atoms with Gasteiger partial charge in [0.1, 0.15) is 6.61 Å². The van der Waals surface area contributed by atoms with Crippen molar-refractivity contribution in [3.05, 3.63) is 23.8 Å². The van der Waals surface area contributed by atoms with Crippen molar-refractivity contribution >= 4 is 6.29 Å². The Morgan fingerprint density at radius 2 is 2.31 bits per heavy atom. The van der Waals surface area contributed by atoms with Gasteiger partial charge in [0.05, 0.1) is 0 Å². The predicted octanol–water partition coefficient (Wildman–Crippen LogP) is 1.33. The number of carbonyl (C=O) groups is 1. The van der Waals surface area contributed by atoms with Gasteiger partial charge in [0, 0.05) is 0 Å². The Bertz CT molecular complexity index is 333. The first kappa shape index (κ1) is 8.10. The van der Waals surface area contributed by atoms with Crippen molar-refractivity contribution in [1.82, 2.24) is 0 Å². The molecule has 0 amide bonds. The van der Waals surface area contributed by atoms with E-state index in [0.29, 0.717) is 18.1 Å². The van der Waals surface area contributed by atoms with Gasteiger partial charge in [-0.3, -0.25) is 4.79 Å². The zero-order chi connectivity index (χ0) is 9.26. The van der Waals surface area contributed by atoms with Crippen LogP contribution in [0, 0.1) is 6.92 Å². The van der Waals surface area contributed by atoms with Crippen LogP contribution in [0.2, 0.25) is 0 Å². The Labute approximate surface area is 76.3 Å². The van der Waals surface area contributed by atoms with E-state index in [0.717, 1.165) is 11.8 Å². The van der Waals surface area contributed by atoms with E-state index in [1.807, 2.05) is 25.1 Å². The van der Waals surface area contributed by atoms with Crippen molar-refractivity contribution in [2.24, 2.45) is 0 Å². The largest absolute Gasteiger partial charge is 0.485 e. The fourth-order valence-corrected chi connectivity index (χ4v) is 1.26. The average Bonchev–Trinajstić information content (AvgIpc) is 2.16. The van der Waals surface area contributed by atoms with Crippen LogP contribution in [0.15, 0.2) is 18.2 Å². The number of ether oxygens (including phenoxy) is 2. The van der Waals surface area contributed by atoms with Crippen molar-refractivity contribution in [3.63, 3.8) is 0 Å². The molecular weight excluding hydrogens is 168 g/mol. The van der Waals surface area contributed by atoms with E-state index in [1.165, 1.54) is 0 Å². The minimum atomic E-state index is -0.464. The van der Waals surface area contributed by atoms with E-state index >= 15 is 0 Å². The van der Waals surface area contributed by atoms with Gasteiger partial charge in [-0.25, -0.2) is 0 Å². The van der Waals surface area contributed by atoms with Crippen LogP contribution in [-0.2, 0) is 4.79 Å². The molecule has 68 valence electrons. The van der Waals surface area contributed by atoms with E-state index < -0.39 is 6.10 Å². The third kappa shape index (κ3) is 1.49. The smallest absolute Gasteiger partial charge is 0.187 e. The Kier molecular flexibility index (Phi) is 1.93.